The van der Waals surface area contributed by atoms with E-state index in [0.717, 1.165) is 30.6 Å². The lowest BCUT2D eigenvalue weighted by atomic mass is 10.1. The minimum atomic E-state index is -0.724. The van der Waals surface area contributed by atoms with Gasteiger partial charge in [-0.1, -0.05) is 18.2 Å². The third-order valence-electron chi connectivity index (χ3n) is 4.50. The van der Waals surface area contributed by atoms with Crippen molar-refractivity contribution in [2.24, 2.45) is 0 Å². The van der Waals surface area contributed by atoms with Gasteiger partial charge >= 0.3 is 5.97 Å². The van der Waals surface area contributed by atoms with Gasteiger partial charge in [-0.15, -0.1) is 0 Å². The summed E-state index contributed by atoms with van der Waals surface area (Å²) in [6.07, 6.45) is 3.27. The summed E-state index contributed by atoms with van der Waals surface area (Å²) in [5, 5.41) is 8.12. The van der Waals surface area contributed by atoms with Gasteiger partial charge in [0.05, 0.1) is 18.0 Å². The van der Waals surface area contributed by atoms with E-state index in [1.54, 1.807) is 0 Å². The summed E-state index contributed by atoms with van der Waals surface area (Å²) >= 11 is 0. The zero-order chi connectivity index (χ0) is 17.2. The van der Waals surface area contributed by atoms with Crippen LogP contribution in [0.2, 0.25) is 0 Å². The Hall–Kier alpha value is -2.14. The van der Waals surface area contributed by atoms with Crippen molar-refractivity contribution in [3.05, 3.63) is 47.3 Å². The number of nitrogens with zero attached hydrogens (tertiary/aromatic N) is 2. The van der Waals surface area contributed by atoms with Gasteiger partial charge in [0.15, 0.2) is 0 Å². The van der Waals surface area contributed by atoms with Crippen molar-refractivity contribution in [3.8, 4) is 5.69 Å². The van der Waals surface area contributed by atoms with E-state index in [0.29, 0.717) is 13.2 Å². The van der Waals surface area contributed by atoms with E-state index < -0.39 is 5.54 Å². The van der Waals surface area contributed by atoms with Gasteiger partial charge in [0.2, 0.25) is 0 Å². The smallest absolute Gasteiger partial charge is 0.325 e. The number of hydrogen-bond donors (Lipinski definition) is 1. The van der Waals surface area contributed by atoms with Gasteiger partial charge in [0, 0.05) is 12.2 Å². The minimum Gasteiger partial charge on any atom is -0.465 e. The zero-order valence-electron chi connectivity index (χ0n) is 14.6. The summed E-state index contributed by atoms with van der Waals surface area (Å²) in [6.45, 7) is 6.47. The first-order valence-electron chi connectivity index (χ1n) is 8.60. The molecule has 128 valence electrons. The summed E-state index contributed by atoms with van der Waals surface area (Å²) in [5.74, 6) is -0.232. The highest BCUT2D eigenvalue weighted by atomic mass is 16.5. The molecule has 0 saturated heterocycles. The number of esters is 1. The second kappa shape index (κ2) is 6.77. The van der Waals surface area contributed by atoms with Gasteiger partial charge in [0.25, 0.3) is 0 Å². The first-order chi connectivity index (χ1) is 11.5. The van der Waals surface area contributed by atoms with E-state index in [9.17, 15) is 4.79 Å². The normalized spacial score (nSPS) is 13.8. The van der Waals surface area contributed by atoms with Gasteiger partial charge < -0.3 is 4.74 Å². The molecule has 0 amide bonds. The summed E-state index contributed by atoms with van der Waals surface area (Å²) in [6, 6.07) is 10.2. The van der Waals surface area contributed by atoms with Crippen molar-refractivity contribution >= 4 is 5.97 Å². The average molecular weight is 327 g/mol. The number of hydrogen-bond acceptors (Lipinski definition) is 4. The van der Waals surface area contributed by atoms with E-state index >= 15 is 0 Å². The molecule has 0 aliphatic heterocycles. The highest BCUT2D eigenvalue weighted by Gasteiger charge is 2.30. The molecule has 1 aliphatic carbocycles. The predicted octanol–water partition coefficient (Wildman–Crippen LogP) is 2.79. The van der Waals surface area contributed by atoms with Gasteiger partial charge in [-0.25, -0.2) is 4.68 Å². The van der Waals surface area contributed by atoms with Crippen molar-refractivity contribution in [1.82, 2.24) is 15.1 Å². The fourth-order valence-corrected chi connectivity index (χ4v) is 3.13. The number of ether oxygens (including phenoxy) is 1. The average Bonchev–Trinajstić information content (AvgIpc) is 3.17. The number of nitrogens with one attached hydrogen (secondary N) is 1. The summed E-state index contributed by atoms with van der Waals surface area (Å²) in [4.78, 5) is 12.0. The Bertz CT molecular complexity index is 720. The first-order valence-corrected chi connectivity index (χ1v) is 8.60. The van der Waals surface area contributed by atoms with Crippen LogP contribution in [0.3, 0.4) is 0 Å². The largest absolute Gasteiger partial charge is 0.465 e. The van der Waals surface area contributed by atoms with Gasteiger partial charge in [-0.3, -0.25) is 10.1 Å². The number of para-hydroxylation sites is 1. The fraction of sp³-hybridized carbons (Fsp3) is 0.474. The molecule has 24 heavy (non-hydrogen) atoms. The Morgan fingerprint density at radius 1 is 1.29 bits per heavy atom. The predicted molar refractivity (Wildman–Crippen MR) is 93.1 cm³/mol. The highest BCUT2D eigenvalue weighted by Crippen LogP contribution is 2.28. The maximum absolute atomic E-state index is 12.0. The molecule has 0 spiro atoms. The number of aromatic nitrogens is 2. The summed E-state index contributed by atoms with van der Waals surface area (Å²) in [7, 11) is 0. The molecular formula is C19H25N3O2. The topological polar surface area (TPSA) is 56.1 Å². The molecule has 1 aromatic heterocycles. The third kappa shape index (κ3) is 3.22. The number of fused-ring (bicyclic) bond motifs is 1. The van der Waals surface area contributed by atoms with E-state index in [-0.39, 0.29) is 5.97 Å². The van der Waals surface area contributed by atoms with Crippen LogP contribution in [0, 0.1) is 0 Å². The Kier molecular flexibility index (Phi) is 4.71. The maximum atomic E-state index is 12.0. The van der Waals surface area contributed by atoms with Crippen LogP contribution in [0.1, 0.15) is 44.1 Å². The van der Waals surface area contributed by atoms with Crippen LogP contribution >= 0.6 is 0 Å². The lowest BCUT2D eigenvalue weighted by Gasteiger charge is -2.23. The van der Waals surface area contributed by atoms with Crippen LogP contribution in [-0.2, 0) is 28.9 Å². The number of carbonyl (C=O) groups excluding carboxylic acids is 1. The Morgan fingerprint density at radius 3 is 2.75 bits per heavy atom. The van der Waals surface area contributed by atoms with Crippen molar-refractivity contribution in [2.75, 3.05) is 6.61 Å². The van der Waals surface area contributed by atoms with Crippen LogP contribution in [0.15, 0.2) is 30.3 Å². The van der Waals surface area contributed by atoms with Crippen LogP contribution in [0.5, 0.6) is 0 Å². The molecule has 0 radical (unpaired) electrons. The Labute approximate surface area is 143 Å². The van der Waals surface area contributed by atoms with Crippen molar-refractivity contribution < 1.29 is 9.53 Å². The number of benzene rings is 1. The molecule has 0 unspecified atom stereocenters. The minimum absolute atomic E-state index is 0.232. The fourth-order valence-electron chi connectivity index (χ4n) is 3.13. The lowest BCUT2D eigenvalue weighted by molar-refractivity contribution is -0.149. The summed E-state index contributed by atoms with van der Waals surface area (Å²) < 4.78 is 7.19. The third-order valence-corrected chi connectivity index (χ3v) is 4.50. The number of rotatable bonds is 6. The molecule has 0 fully saturated rings. The quantitative estimate of drug-likeness (QED) is 0.829. The van der Waals surface area contributed by atoms with E-state index in [1.807, 2.05) is 39.0 Å². The monoisotopic (exact) mass is 327 g/mol. The van der Waals surface area contributed by atoms with Crippen molar-refractivity contribution in [3.63, 3.8) is 0 Å². The van der Waals surface area contributed by atoms with Crippen LogP contribution in [0.4, 0.5) is 0 Å². The second-order valence-electron chi connectivity index (χ2n) is 6.67. The molecule has 5 nitrogen and oxygen atoms in total. The van der Waals surface area contributed by atoms with Gasteiger partial charge in [-0.2, -0.15) is 5.10 Å². The number of carbonyl (C=O) groups is 1. The molecule has 1 aromatic carbocycles. The molecule has 2 aromatic rings. The van der Waals surface area contributed by atoms with E-state index in [1.165, 1.54) is 11.3 Å². The standard InChI is InChI=1S/C19H25N3O2/c1-4-24-18(23)19(2,3)20-13-16-15-11-8-12-17(15)22(21-16)14-9-6-5-7-10-14/h5-7,9-10,20H,4,8,11-13H2,1-3H3. The van der Waals surface area contributed by atoms with Crippen LogP contribution in [0.25, 0.3) is 5.69 Å². The molecule has 1 N–H and O–H groups in total. The molecule has 5 heteroatoms. The highest BCUT2D eigenvalue weighted by molar-refractivity contribution is 5.79. The molecular weight excluding hydrogens is 302 g/mol. The van der Waals surface area contributed by atoms with Crippen molar-refractivity contribution in [2.45, 2.75) is 52.1 Å². The maximum Gasteiger partial charge on any atom is 0.325 e. The first kappa shape index (κ1) is 16.7. The van der Waals surface area contributed by atoms with Crippen molar-refractivity contribution in [1.29, 1.82) is 0 Å². The lowest BCUT2D eigenvalue weighted by Crippen LogP contribution is -2.47. The zero-order valence-corrected chi connectivity index (χ0v) is 14.6. The molecule has 1 heterocycles. The van der Waals surface area contributed by atoms with E-state index in [4.69, 9.17) is 9.84 Å². The second-order valence-corrected chi connectivity index (χ2v) is 6.67. The molecule has 3 rings (SSSR count). The Balaban J connectivity index is 1.81. The molecule has 1 aliphatic rings. The van der Waals surface area contributed by atoms with Gasteiger partial charge in [0.1, 0.15) is 5.54 Å². The van der Waals surface area contributed by atoms with Crippen LogP contribution < -0.4 is 5.32 Å². The van der Waals surface area contributed by atoms with E-state index in [2.05, 4.69) is 22.1 Å². The van der Waals surface area contributed by atoms with Crippen LogP contribution in [-0.4, -0.2) is 27.9 Å². The van der Waals surface area contributed by atoms with Gasteiger partial charge in [-0.05, 0) is 57.7 Å². The summed E-state index contributed by atoms with van der Waals surface area (Å²) in [5.41, 5.74) is 4.02. The molecule has 0 bridgehead atoms. The SMILES string of the molecule is CCOC(=O)C(C)(C)NCc1nn(-c2ccccc2)c2c1CCC2. The molecule has 0 saturated carbocycles. The Morgan fingerprint density at radius 2 is 2.04 bits per heavy atom. The molecule has 0 atom stereocenters.